The molecule has 8 aromatic heterocycles. The molecule has 0 amide bonds. The van der Waals surface area contributed by atoms with Crippen LogP contribution in [0.3, 0.4) is 0 Å². The summed E-state index contributed by atoms with van der Waals surface area (Å²) in [5.74, 6) is 0. The van der Waals surface area contributed by atoms with E-state index in [0.29, 0.717) is 0 Å². The summed E-state index contributed by atoms with van der Waals surface area (Å²) in [6.45, 7) is 0. The standard InChI is InChI=1S/C68H41N5.C62H36N4S/c1-2-20-48(21-3-1)71-61-27-12-8-22-52(61)56-38-47(29-34-63(56)71)67-68(70-60-26-11-10-25-59(60)69-67)55-24-14-19-46-35-49(30-32-51(46)55)73-65-40-45-18-7-5-16-43(45)37-58(65)54-33-31-50(41-66(54)73)72-62-28-13-9-23-53(62)57-36-42-15-4-6-17-44(42)39-64(57)72;1-3-16-39-34-56-50(32-37(39)14-1)44-18-5-9-27-54(44)65(56)41-30-31-45-51-33-38-15-2-4-17-40(38)35-57(51)66(58(45)36-41)55-28-13-20-42-43(55)21-11-22-47(42)60-61(64-53-26-8-7-25-52(53)63-60)49-24-12-23-48-46-19-6-10-29-59(46)67-62(48)49/h1-41H;1-36H. The van der Waals surface area contributed by atoms with Crippen LogP contribution in [0.1, 0.15) is 0 Å². The van der Waals surface area contributed by atoms with E-state index in [4.69, 9.17) is 19.9 Å². The second-order valence-electron chi connectivity index (χ2n) is 37.1. The zero-order valence-electron chi connectivity index (χ0n) is 75.4. The Balaban J connectivity index is 0.000000132. The third-order valence-corrected chi connectivity index (χ3v) is 30.6. The second kappa shape index (κ2) is 30.5. The van der Waals surface area contributed by atoms with Gasteiger partial charge in [0, 0.05) is 124 Å². The van der Waals surface area contributed by atoms with E-state index in [-0.39, 0.29) is 0 Å². The van der Waals surface area contributed by atoms with Crippen molar-refractivity contribution in [2.24, 2.45) is 0 Å². The van der Waals surface area contributed by atoms with Crippen molar-refractivity contribution in [3.8, 4) is 73.5 Å². The van der Waals surface area contributed by atoms with E-state index in [2.05, 4.69) is 472 Å². The minimum Gasteiger partial charge on any atom is -0.309 e. The zero-order chi connectivity index (χ0) is 91.5. The Hall–Kier alpha value is -18.5. The summed E-state index contributed by atoms with van der Waals surface area (Å²) in [4.78, 5) is 21.9. The second-order valence-corrected chi connectivity index (χ2v) is 38.1. The summed E-state index contributed by atoms with van der Waals surface area (Å²) in [5.41, 5.74) is 28.5. The highest BCUT2D eigenvalue weighted by molar-refractivity contribution is 7.26. The third-order valence-electron chi connectivity index (χ3n) is 29.4. The van der Waals surface area contributed by atoms with Crippen LogP contribution in [0.2, 0.25) is 0 Å². The average Bonchev–Trinajstić information content (AvgIpc) is 1.56. The van der Waals surface area contributed by atoms with Crippen molar-refractivity contribution < 1.29 is 0 Å². The molecule has 0 unspecified atom stereocenters. The molecular formula is C130H77N9S. The largest absolute Gasteiger partial charge is 0.309 e. The molecule has 648 valence electrons. The highest BCUT2D eigenvalue weighted by Gasteiger charge is 2.28. The van der Waals surface area contributed by atoms with Crippen molar-refractivity contribution >= 4 is 227 Å². The molecule has 0 saturated carbocycles. The number of rotatable bonds is 9. The lowest BCUT2D eigenvalue weighted by molar-refractivity contribution is 1.16. The van der Waals surface area contributed by atoms with Gasteiger partial charge in [-0.2, -0.15) is 0 Å². The molecule has 0 saturated heterocycles. The molecule has 0 aliphatic rings. The first-order valence-electron chi connectivity index (χ1n) is 47.8. The van der Waals surface area contributed by atoms with Crippen LogP contribution >= 0.6 is 11.3 Å². The van der Waals surface area contributed by atoms with E-state index in [1.807, 2.05) is 29.5 Å². The molecule has 140 heavy (non-hydrogen) atoms. The molecule has 0 atom stereocenters. The molecule has 9 nitrogen and oxygen atoms in total. The van der Waals surface area contributed by atoms with Crippen LogP contribution in [0, 0.1) is 0 Å². The number of hydrogen-bond acceptors (Lipinski definition) is 5. The van der Waals surface area contributed by atoms with Gasteiger partial charge in [0.05, 0.1) is 106 Å². The van der Waals surface area contributed by atoms with Gasteiger partial charge in [-0.25, -0.2) is 19.9 Å². The minimum atomic E-state index is 0.855. The molecule has 0 N–H and O–H groups in total. The highest BCUT2D eigenvalue weighted by Crippen LogP contribution is 2.50. The number of aromatic nitrogens is 9. The van der Waals surface area contributed by atoms with Gasteiger partial charge in [0.1, 0.15) is 0 Å². The molecule has 0 aliphatic heterocycles. The highest BCUT2D eigenvalue weighted by atomic mass is 32.1. The molecule has 8 heterocycles. The smallest absolute Gasteiger partial charge is 0.0987 e. The SMILES string of the molecule is c1ccc(-n2c3ccccc3c3cc(-c4nc5ccccc5nc4-c4cccc5cc(-n6c7cc(-n8c9ccccc9c9cc%10ccccc%10cc98)ccc7c7cc8ccccc8cc76)ccc45)ccc32)cc1.c1ccc2cc3c(cc2c1)c1ccccc1n3-c1ccc2c3cc4ccccc4cc3n(-c3cccc4c(-c5nc6ccccc6nc5-c5cccc6c5sc5ccccc56)cccc34)c2c1. The number of nitrogens with zero attached hydrogens (tertiary/aromatic N) is 9. The minimum absolute atomic E-state index is 0.855. The van der Waals surface area contributed by atoms with E-state index in [9.17, 15) is 0 Å². The van der Waals surface area contributed by atoms with Gasteiger partial charge in [-0.15, -0.1) is 11.3 Å². The summed E-state index contributed by atoms with van der Waals surface area (Å²) in [5, 5.41) is 29.1. The van der Waals surface area contributed by atoms with E-state index in [1.54, 1.807) is 0 Å². The number of para-hydroxylation sites is 8. The van der Waals surface area contributed by atoms with E-state index in [1.165, 1.54) is 156 Å². The van der Waals surface area contributed by atoms with Gasteiger partial charge in [0.2, 0.25) is 0 Å². The van der Waals surface area contributed by atoms with Gasteiger partial charge in [0.15, 0.2) is 0 Å². The molecule has 0 aliphatic carbocycles. The molecule has 31 aromatic rings. The molecule has 23 aromatic carbocycles. The molecule has 0 bridgehead atoms. The van der Waals surface area contributed by atoms with Crippen molar-refractivity contribution in [2.75, 3.05) is 0 Å². The quantitative estimate of drug-likeness (QED) is 0.144. The topological polar surface area (TPSA) is 76.2 Å². The van der Waals surface area contributed by atoms with Crippen molar-refractivity contribution in [3.63, 3.8) is 0 Å². The lowest BCUT2D eigenvalue weighted by atomic mass is 9.96. The molecule has 31 rings (SSSR count). The van der Waals surface area contributed by atoms with Crippen LogP contribution < -0.4 is 0 Å². The normalized spacial score (nSPS) is 12.1. The van der Waals surface area contributed by atoms with Gasteiger partial charge >= 0.3 is 0 Å². The summed E-state index contributed by atoms with van der Waals surface area (Å²) in [6, 6.07) is 170. The van der Waals surface area contributed by atoms with Gasteiger partial charge < -0.3 is 22.8 Å². The van der Waals surface area contributed by atoms with Gasteiger partial charge in [0.25, 0.3) is 0 Å². The van der Waals surface area contributed by atoms with Crippen LogP contribution in [-0.4, -0.2) is 42.8 Å². The van der Waals surface area contributed by atoms with Crippen molar-refractivity contribution in [1.82, 2.24) is 42.8 Å². The molecule has 0 radical (unpaired) electrons. The first-order valence-corrected chi connectivity index (χ1v) is 48.6. The molecular weight excluding hydrogens is 1720 g/mol. The number of thiophene rings is 1. The van der Waals surface area contributed by atoms with Gasteiger partial charge in [-0.05, 0) is 223 Å². The Labute approximate surface area is 804 Å². The monoisotopic (exact) mass is 1800 g/mol. The first-order chi connectivity index (χ1) is 69.4. The van der Waals surface area contributed by atoms with Gasteiger partial charge in [-0.1, -0.05) is 303 Å². The Morgan fingerprint density at radius 3 is 1.01 bits per heavy atom. The fourth-order valence-electron chi connectivity index (χ4n) is 23.1. The third kappa shape index (κ3) is 11.9. The average molecular weight is 1800 g/mol. The molecule has 0 fully saturated rings. The van der Waals surface area contributed by atoms with Crippen LogP contribution in [0.4, 0.5) is 0 Å². The predicted octanol–water partition coefficient (Wildman–Crippen LogP) is 34.7. The van der Waals surface area contributed by atoms with Crippen LogP contribution in [0.5, 0.6) is 0 Å². The van der Waals surface area contributed by atoms with Crippen LogP contribution in [0.25, 0.3) is 289 Å². The summed E-state index contributed by atoms with van der Waals surface area (Å²) in [7, 11) is 0. The molecule has 10 heteroatoms. The van der Waals surface area contributed by atoms with E-state index in [0.717, 1.165) is 134 Å². The fraction of sp³-hybridized carbons (Fsp3) is 0. The fourth-order valence-corrected chi connectivity index (χ4v) is 24.3. The maximum Gasteiger partial charge on any atom is 0.0987 e. The van der Waals surface area contributed by atoms with Crippen LogP contribution in [-0.2, 0) is 0 Å². The number of benzene rings is 23. The Morgan fingerprint density at radius 2 is 0.486 bits per heavy atom. The Morgan fingerprint density at radius 1 is 0.157 bits per heavy atom. The lowest BCUT2D eigenvalue weighted by Gasteiger charge is -2.16. The maximum atomic E-state index is 5.50. The number of hydrogen-bond donors (Lipinski definition) is 0. The van der Waals surface area contributed by atoms with Gasteiger partial charge in [-0.3, -0.25) is 0 Å². The zero-order valence-corrected chi connectivity index (χ0v) is 76.2. The summed E-state index contributed by atoms with van der Waals surface area (Å²) in [6.07, 6.45) is 0. The number of fused-ring (bicyclic) bond motifs is 26. The Bertz CT molecular complexity index is 10800. The van der Waals surface area contributed by atoms with Crippen molar-refractivity contribution in [2.45, 2.75) is 0 Å². The van der Waals surface area contributed by atoms with E-state index < -0.39 is 0 Å². The maximum absolute atomic E-state index is 5.50. The Kier molecular flexibility index (Phi) is 17.0. The lowest BCUT2D eigenvalue weighted by Crippen LogP contribution is -1.99. The summed E-state index contributed by atoms with van der Waals surface area (Å²) < 4.78 is 14.7. The predicted molar refractivity (Wildman–Crippen MR) is 590 cm³/mol. The van der Waals surface area contributed by atoms with Crippen molar-refractivity contribution in [1.29, 1.82) is 0 Å². The van der Waals surface area contributed by atoms with Crippen LogP contribution in [0.15, 0.2) is 467 Å². The molecule has 0 spiro atoms. The van der Waals surface area contributed by atoms with E-state index >= 15 is 0 Å². The van der Waals surface area contributed by atoms with Crippen molar-refractivity contribution in [3.05, 3.63) is 467 Å². The summed E-state index contributed by atoms with van der Waals surface area (Å²) >= 11 is 1.83. The first kappa shape index (κ1) is 77.9.